The molecule has 1 aliphatic rings. The number of nitrogens with zero attached hydrogens (tertiary/aromatic N) is 2. The minimum Gasteiger partial charge on any atom is -0.486 e. The van der Waals surface area contributed by atoms with E-state index >= 15 is 0 Å². The zero-order valence-electron chi connectivity index (χ0n) is 19.9. The average molecular weight is 490 g/mol. The molecule has 1 atom stereocenters. The summed E-state index contributed by atoms with van der Waals surface area (Å²) in [5.41, 5.74) is 1.02. The van der Waals surface area contributed by atoms with Gasteiger partial charge in [0.25, 0.3) is 5.91 Å². The second-order valence-corrected chi connectivity index (χ2v) is 8.99. The number of hydrogen-bond donors (Lipinski definition) is 1. The van der Waals surface area contributed by atoms with Crippen molar-refractivity contribution in [2.24, 2.45) is 0 Å². The lowest BCUT2D eigenvalue weighted by molar-refractivity contribution is -0.141. The molecule has 188 valence electrons. The summed E-state index contributed by atoms with van der Waals surface area (Å²) >= 11 is 0. The average Bonchev–Trinajstić information content (AvgIpc) is 3.40. The smallest absolute Gasteiger partial charge is 0.435 e. The van der Waals surface area contributed by atoms with Crippen LogP contribution in [0, 0.1) is 0 Å². The highest BCUT2D eigenvalue weighted by Crippen LogP contribution is 2.42. The van der Waals surface area contributed by atoms with Crippen LogP contribution in [0.25, 0.3) is 0 Å². The molecule has 0 bridgehead atoms. The SMILES string of the molecule is CCC(C)c1ccc(OCc2ccc(C(=O)NCCCn3nc(C(F)(F)F)cc3C3CC3)o2)cc1. The Bertz CT molecular complexity index is 1130. The van der Waals surface area contributed by atoms with Crippen LogP contribution in [-0.2, 0) is 19.3 Å². The number of halogens is 3. The van der Waals surface area contributed by atoms with E-state index in [1.165, 1.54) is 10.2 Å². The van der Waals surface area contributed by atoms with E-state index in [9.17, 15) is 18.0 Å². The molecule has 9 heteroatoms. The zero-order valence-corrected chi connectivity index (χ0v) is 19.9. The minimum atomic E-state index is -4.46. The summed E-state index contributed by atoms with van der Waals surface area (Å²) in [6.45, 7) is 5.12. The van der Waals surface area contributed by atoms with Gasteiger partial charge in [-0.1, -0.05) is 26.0 Å². The lowest BCUT2D eigenvalue weighted by atomic mass is 9.99. The Balaban J connectivity index is 1.23. The van der Waals surface area contributed by atoms with Crippen molar-refractivity contribution in [1.29, 1.82) is 0 Å². The molecule has 1 unspecified atom stereocenters. The van der Waals surface area contributed by atoms with E-state index in [4.69, 9.17) is 9.15 Å². The number of amides is 1. The lowest BCUT2D eigenvalue weighted by Crippen LogP contribution is -2.25. The first-order valence-corrected chi connectivity index (χ1v) is 12.0. The molecule has 35 heavy (non-hydrogen) atoms. The number of aryl methyl sites for hydroxylation is 1. The number of ether oxygens (including phenoxy) is 1. The summed E-state index contributed by atoms with van der Waals surface area (Å²) in [5, 5.41) is 6.47. The van der Waals surface area contributed by atoms with Crippen molar-refractivity contribution in [3.63, 3.8) is 0 Å². The first-order chi connectivity index (χ1) is 16.7. The molecule has 1 N–H and O–H groups in total. The largest absolute Gasteiger partial charge is 0.486 e. The van der Waals surface area contributed by atoms with E-state index in [1.54, 1.807) is 12.1 Å². The van der Waals surface area contributed by atoms with Crippen LogP contribution < -0.4 is 10.1 Å². The summed E-state index contributed by atoms with van der Waals surface area (Å²) in [6.07, 6.45) is -1.17. The van der Waals surface area contributed by atoms with Crippen molar-refractivity contribution < 1.29 is 27.1 Å². The lowest BCUT2D eigenvalue weighted by Gasteiger charge is -2.10. The second-order valence-electron chi connectivity index (χ2n) is 8.99. The molecule has 1 aromatic carbocycles. The fourth-order valence-corrected chi connectivity index (χ4v) is 3.83. The van der Waals surface area contributed by atoms with Crippen LogP contribution in [0.2, 0.25) is 0 Å². The van der Waals surface area contributed by atoms with E-state index in [0.29, 0.717) is 36.9 Å². The van der Waals surface area contributed by atoms with Crippen LogP contribution in [0.5, 0.6) is 5.75 Å². The molecule has 6 nitrogen and oxygen atoms in total. The quantitative estimate of drug-likeness (QED) is 0.322. The predicted molar refractivity (Wildman–Crippen MR) is 124 cm³/mol. The van der Waals surface area contributed by atoms with E-state index in [1.807, 2.05) is 24.3 Å². The summed E-state index contributed by atoms with van der Waals surface area (Å²) in [6, 6.07) is 12.3. The van der Waals surface area contributed by atoms with Gasteiger partial charge in [0.2, 0.25) is 0 Å². The van der Waals surface area contributed by atoms with Gasteiger partial charge in [-0.3, -0.25) is 9.48 Å². The molecule has 3 aromatic rings. The third-order valence-corrected chi connectivity index (χ3v) is 6.26. The van der Waals surface area contributed by atoms with Gasteiger partial charge in [0.15, 0.2) is 11.5 Å². The number of hydrogen-bond acceptors (Lipinski definition) is 4. The van der Waals surface area contributed by atoms with Gasteiger partial charge in [-0.15, -0.1) is 0 Å². The number of nitrogens with one attached hydrogen (secondary N) is 1. The van der Waals surface area contributed by atoms with Gasteiger partial charge in [-0.2, -0.15) is 18.3 Å². The van der Waals surface area contributed by atoms with Crippen LogP contribution in [-0.4, -0.2) is 22.2 Å². The standard InChI is InChI=1S/C26H30F3N3O3/c1-3-17(2)18-7-9-20(10-8-18)34-16-21-11-12-23(35-21)25(33)30-13-4-14-32-22(19-5-6-19)15-24(31-32)26(27,28)29/h7-12,15,17,19H,3-6,13-14,16H2,1-2H3,(H,30,33). The molecule has 1 aliphatic carbocycles. The van der Waals surface area contributed by atoms with Crippen molar-refractivity contribution in [3.8, 4) is 5.75 Å². The van der Waals surface area contributed by atoms with Gasteiger partial charge < -0.3 is 14.5 Å². The maximum Gasteiger partial charge on any atom is 0.435 e. The Morgan fingerprint density at radius 2 is 1.97 bits per heavy atom. The molecule has 4 rings (SSSR count). The van der Waals surface area contributed by atoms with E-state index in [2.05, 4.69) is 24.3 Å². The summed E-state index contributed by atoms with van der Waals surface area (Å²) < 4.78 is 51.8. The second kappa shape index (κ2) is 10.6. The number of benzene rings is 1. The zero-order chi connectivity index (χ0) is 25.0. The van der Waals surface area contributed by atoms with Crippen LogP contribution in [0.15, 0.2) is 46.9 Å². The molecule has 0 aliphatic heterocycles. The Labute approximate surface area is 202 Å². The Morgan fingerprint density at radius 1 is 1.23 bits per heavy atom. The van der Waals surface area contributed by atoms with Crippen molar-refractivity contribution in [1.82, 2.24) is 15.1 Å². The molecular formula is C26H30F3N3O3. The summed E-state index contributed by atoms with van der Waals surface area (Å²) in [7, 11) is 0. The first-order valence-electron chi connectivity index (χ1n) is 12.0. The highest BCUT2D eigenvalue weighted by molar-refractivity contribution is 5.91. The molecule has 2 heterocycles. The van der Waals surface area contributed by atoms with Crippen molar-refractivity contribution in [3.05, 3.63) is 70.9 Å². The molecule has 1 fully saturated rings. The monoisotopic (exact) mass is 489 g/mol. The first kappa shape index (κ1) is 24.9. The van der Waals surface area contributed by atoms with Crippen molar-refractivity contribution in [2.75, 3.05) is 6.54 Å². The number of alkyl halides is 3. The number of carbonyl (C=O) groups excluding carboxylic acids is 1. The van der Waals surface area contributed by atoms with E-state index in [0.717, 1.165) is 31.1 Å². The Kier molecular flexibility index (Phi) is 7.52. The number of furan rings is 1. The number of rotatable bonds is 11. The molecule has 0 radical (unpaired) electrons. The van der Waals surface area contributed by atoms with E-state index in [-0.39, 0.29) is 24.2 Å². The normalized spacial score (nSPS) is 14.7. The maximum absolute atomic E-state index is 13.0. The van der Waals surface area contributed by atoms with Gasteiger partial charge in [0.05, 0.1) is 0 Å². The van der Waals surface area contributed by atoms with Crippen LogP contribution in [0.3, 0.4) is 0 Å². The van der Waals surface area contributed by atoms with Gasteiger partial charge >= 0.3 is 6.18 Å². The van der Waals surface area contributed by atoms with Crippen LogP contribution >= 0.6 is 0 Å². The highest BCUT2D eigenvalue weighted by atomic mass is 19.4. The fourth-order valence-electron chi connectivity index (χ4n) is 3.83. The van der Waals surface area contributed by atoms with Crippen LogP contribution in [0.4, 0.5) is 13.2 Å². The fraction of sp³-hybridized carbons (Fsp3) is 0.462. The highest BCUT2D eigenvalue weighted by Gasteiger charge is 2.37. The van der Waals surface area contributed by atoms with Crippen LogP contribution in [0.1, 0.15) is 84.6 Å². The molecule has 1 amide bonds. The Morgan fingerprint density at radius 3 is 2.63 bits per heavy atom. The van der Waals surface area contributed by atoms with Gasteiger partial charge in [-0.05, 0) is 67.5 Å². The van der Waals surface area contributed by atoms with Gasteiger partial charge in [0, 0.05) is 24.7 Å². The minimum absolute atomic E-state index is 0.148. The van der Waals surface area contributed by atoms with Crippen molar-refractivity contribution >= 4 is 5.91 Å². The number of carbonyl (C=O) groups is 1. The topological polar surface area (TPSA) is 69.3 Å². The molecular weight excluding hydrogens is 459 g/mol. The molecule has 0 saturated heterocycles. The summed E-state index contributed by atoms with van der Waals surface area (Å²) in [4.78, 5) is 12.4. The third-order valence-electron chi connectivity index (χ3n) is 6.26. The maximum atomic E-state index is 13.0. The molecule has 2 aromatic heterocycles. The van der Waals surface area contributed by atoms with Gasteiger partial charge in [0.1, 0.15) is 18.1 Å². The van der Waals surface area contributed by atoms with E-state index < -0.39 is 11.9 Å². The van der Waals surface area contributed by atoms with Crippen molar-refractivity contribution in [2.45, 2.75) is 70.7 Å². The summed E-state index contributed by atoms with van der Waals surface area (Å²) in [5.74, 6) is 1.66. The van der Waals surface area contributed by atoms with Gasteiger partial charge in [-0.25, -0.2) is 0 Å². The Hall–Kier alpha value is -3.23. The molecule has 0 spiro atoms. The predicted octanol–water partition coefficient (Wildman–Crippen LogP) is 6.28. The third kappa shape index (κ3) is 6.46. The molecule has 1 saturated carbocycles. The number of aromatic nitrogens is 2.